The van der Waals surface area contributed by atoms with Gasteiger partial charge in [0.2, 0.25) is 0 Å². The highest BCUT2D eigenvalue weighted by Gasteiger charge is 2.25. The van der Waals surface area contributed by atoms with Crippen molar-refractivity contribution >= 4 is 5.96 Å². The molecule has 0 aromatic heterocycles. The molecule has 1 aliphatic carbocycles. The van der Waals surface area contributed by atoms with Crippen molar-refractivity contribution in [2.24, 2.45) is 10.7 Å². The second-order valence-corrected chi connectivity index (χ2v) is 6.13. The predicted molar refractivity (Wildman–Crippen MR) is 87.6 cm³/mol. The van der Waals surface area contributed by atoms with Gasteiger partial charge in [-0.3, -0.25) is 9.89 Å². The third-order valence-electron chi connectivity index (χ3n) is 4.87. The van der Waals surface area contributed by atoms with Crippen molar-refractivity contribution in [3.8, 4) is 0 Å². The van der Waals surface area contributed by atoms with Crippen LogP contribution in [0.15, 0.2) is 29.3 Å². The summed E-state index contributed by atoms with van der Waals surface area (Å²) in [6.07, 6.45) is 3.70. The number of guanidine groups is 1. The largest absolute Gasteiger partial charge is 0.370 e. The van der Waals surface area contributed by atoms with Gasteiger partial charge in [0.1, 0.15) is 0 Å². The molecule has 1 aromatic rings. The number of nitrogens with one attached hydrogen (secondary N) is 1. The van der Waals surface area contributed by atoms with Crippen LogP contribution in [0.2, 0.25) is 0 Å². The molecule has 0 spiro atoms. The summed E-state index contributed by atoms with van der Waals surface area (Å²) < 4.78 is 0. The Morgan fingerprint density at radius 1 is 1.43 bits per heavy atom. The Morgan fingerprint density at radius 2 is 2.29 bits per heavy atom. The summed E-state index contributed by atoms with van der Waals surface area (Å²) in [5, 5.41) is 3.29. The van der Waals surface area contributed by atoms with Gasteiger partial charge in [0.25, 0.3) is 0 Å². The SMILES string of the molecule is CCN1CCCC1CN=C(N)NCC1Cc2ccccc21. The molecule has 0 saturated carbocycles. The first-order valence-corrected chi connectivity index (χ1v) is 8.13. The summed E-state index contributed by atoms with van der Waals surface area (Å²) in [7, 11) is 0. The monoisotopic (exact) mass is 286 g/mol. The minimum Gasteiger partial charge on any atom is -0.370 e. The van der Waals surface area contributed by atoms with Crippen molar-refractivity contribution in [3.05, 3.63) is 35.4 Å². The van der Waals surface area contributed by atoms with Crippen LogP contribution in [0.4, 0.5) is 0 Å². The van der Waals surface area contributed by atoms with E-state index in [0.29, 0.717) is 17.9 Å². The molecule has 0 amide bonds. The first-order valence-electron chi connectivity index (χ1n) is 8.13. The molecule has 3 N–H and O–H groups in total. The van der Waals surface area contributed by atoms with Crippen LogP contribution < -0.4 is 11.1 Å². The minimum atomic E-state index is 0.583. The van der Waals surface area contributed by atoms with E-state index in [2.05, 4.69) is 46.4 Å². The standard InChI is InChI=1S/C17H26N4/c1-2-21-9-5-7-15(21)12-20-17(18)19-11-14-10-13-6-3-4-8-16(13)14/h3-4,6,8,14-15H,2,5,7,9-12H2,1H3,(H3,18,19,20). The fraction of sp³-hybridized carbons (Fsp3) is 0.588. The summed E-state index contributed by atoms with van der Waals surface area (Å²) in [6, 6.07) is 9.24. The Bertz CT molecular complexity index is 511. The third-order valence-corrected chi connectivity index (χ3v) is 4.87. The maximum absolute atomic E-state index is 6.01. The van der Waals surface area contributed by atoms with E-state index in [9.17, 15) is 0 Å². The molecular formula is C17H26N4. The summed E-state index contributed by atoms with van der Waals surface area (Å²) >= 11 is 0. The summed E-state index contributed by atoms with van der Waals surface area (Å²) in [4.78, 5) is 7.03. The summed E-state index contributed by atoms with van der Waals surface area (Å²) in [6.45, 7) is 6.27. The number of benzene rings is 1. The van der Waals surface area contributed by atoms with Crippen LogP contribution >= 0.6 is 0 Å². The zero-order valence-electron chi connectivity index (χ0n) is 12.9. The molecule has 21 heavy (non-hydrogen) atoms. The molecule has 2 atom stereocenters. The van der Waals surface area contributed by atoms with E-state index in [0.717, 1.165) is 26.1 Å². The molecule has 3 rings (SSSR count). The van der Waals surface area contributed by atoms with Gasteiger partial charge >= 0.3 is 0 Å². The zero-order valence-corrected chi connectivity index (χ0v) is 12.9. The van der Waals surface area contributed by atoms with Gasteiger partial charge < -0.3 is 11.1 Å². The van der Waals surface area contributed by atoms with Gasteiger partial charge in [0.15, 0.2) is 5.96 Å². The normalized spacial score (nSPS) is 25.5. The Labute approximate surface area is 127 Å². The van der Waals surface area contributed by atoms with Crippen LogP contribution in [0.25, 0.3) is 0 Å². The van der Waals surface area contributed by atoms with Gasteiger partial charge in [-0.05, 0) is 43.5 Å². The molecule has 4 nitrogen and oxygen atoms in total. The van der Waals surface area contributed by atoms with Crippen LogP contribution in [-0.2, 0) is 6.42 Å². The molecule has 1 heterocycles. The van der Waals surface area contributed by atoms with Gasteiger partial charge in [0, 0.05) is 18.5 Å². The molecule has 114 valence electrons. The molecule has 1 aromatic carbocycles. The van der Waals surface area contributed by atoms with Crippen molar-refractivity contribution in [2.75, 3.05) is 26.2 Å². The number of nitrogens with zero attached hydrogens (tertiary/aromatic N) is 2. The van der Waals surface area contributed by atoms with Crippen molar-refractivity contribution in [1.29, 1.82) is 0 Å². The van der Waals surface area contributed by atoms with Crippen molar-refractivity contribution in [1.82, 2.24) is 10.2 Å². The number of likely N-dealkylation sites (N-methyl/N-ethyl adjacent to an activating group) is 1. The van der Waals surface area contributed by atoms with E-state index in [1.165, 1.54) is 30.5 Å². The average Bonchev–Trinajstić information content (AvgIpc) is 2.93. The number of likely N-dealkylation sites (tertiary alicyclic amines) is 1. The highest BCUT2D eigenvalue weighted by molar-refractivity contribution is 5.78. The number of nitrogens with two attached hydrogens (primary N) is 1. The smallest absolute Gasteiger partial charge is 0.188 e. The number of rotatable bonds is 5. The van der Waals surface area contributed by atoms with E-state index in [1.54, 1.807) is 0 Å². The molecule has 1 saturated heterocycles. The maximum Gasteiger partial charge on any atom is 0.188 e. The Hall–Kier alpha value is -1.55. The topological polar surface area (TPSA) is 53.6 Å². The first kappa shape index (κ1) is 14.4. The van der Waals surface area contributed by atoms with Gasteiger partial charge in [-0.25, -0.2) is 0 Å². The fourth-order valence-corrected chi connectivity index (χ4v) is 3.55. The molecule has 4 heteroatoms. The lowest BCUT2D eigenvalue weighted by Gasteiger charge is -2.30. The fourth-order valence-electron chi connectivity index (χ4n) is 3.55. The zero-order chi connectivity index (χ0) is 14.7. The van der Waals surface area contributed by atoms with E-state index in [-0.39, 0.29) is 0 Å². The quantitative estimate of drug-likeness (QED) is 0.640. The van der Waals surface area contributed by atoms with Crippen molar-refractivity contribution in [2.45, 2.75) is 38.1 Å². The number of fused-ring (bicyclic) bond motifs is 1. The number of hydrogen-bond donors (Lipinski definition) is 2. The average molecular weight is 286 g/mol. The lowest BCUT2D eigenvalue weighted by atomic mass is 9.78. The molecule has 2 unspecified atom stereocenters. The van der Waals surface area contributed by atoms with Gasteiger partial charge in [-0.2, -0.15) is 0 Å². The Morgan fingerprint density at radius 3 is 3.10 bits per heavy atom. The first-order chi connectivity index (χ1) is 10.3. The lowest BCUT2D eigenvalue weighted by Crippen LogP contribution is -2.39. The molecule has 1 aliphatic heterocycles. The molecule has 1 fully saturated rings. The van der Waals surface area contributed by atoms with Crippen LogP contribution in [-0.4, -0.2) is 43.1 Å². The summed E-state index contributed by atoms with van der Waals surface area (Å²) in [5.41, 5.74) is 8.95. The van der Waals surface area contributed by atoms with Crippen LogP contribution in [0, 0.1) is 0 Å². The van der Waals surface area contributed by atoms with Crippen LogP contribution in [0.1, 0.15) is 36.8 Å². The molecule has 2 aliphatic rings. The van der Waals surface area contributed by atoms with Crippen molar-refractivity contribution < 1.29 is 0 Å². The van der Waals surface area contributed by atoms with E-state index >= 15 is 0 Å². The van der Waals surface area contributed by atoms with E-state index < -0.39 is 0 Å². The molecular weight excluding hydrogens is 260 g/mol. The second kappa shape index (κ2) is 6.48. The molecule has 0 bridgehead atoms. The molecule has 0 radical (unpaired) electrons. The third kappa shape index (κ3) is 3.21. The lowest BCUT2D eigenvalue weighted by molar-refractivity contribution is 0.273. The van der Waals surface area contributed by atoms with Gasteiger partial charge in [-0.1, -0.05) is 31.2 Å². The van der Waals surface area contributed by atoms with Crippen LogP contribution in [0.5, 0.6) is 0 Å². The second-order valence-electron chi connectivity index (χ2n) is 6.13. The highest BCUT2D eigenvalue weighted by atomic mass is 15.2. The van der Waals surface area contributed by atoms with E-state index in [1.807, 2.05) is 0 Å². The summed E-state index contributed by atoms with van der Waals surface area (Å²) in [5.74, 6) is 1.19. The van der Waals surface area contributed by atoms with E-state index in [4.69, 9.17) is 5.73 Å². The van der Waals surface area contributed by atoms with Crippen LogP contribution in [0.3, 0.4) is 0 Å². The highest BCUT2D eigenvalue weighted by Crippen LogP contribution is 2.33. The predicted octanol–water partition coefficient (Wildman–Crippen LogP) is 1.71. The number of aliphatic imine (C=N–C) groups is 1. The minimum absolute atomic E-state index is 0.583. The number of hydrogen-bond acceptors (Lipinski definition) is 2. The van der Waals surface area contributed by atoms with Crippen molar-refractivity contribution in [3.63, 3.8) is 0 Å². The Kier molecular flexibility index (Phi) is 4.44. The van der Waals surface area contributed by atoms with Gasteiger partial charge in [-0.15, -0.1) is 0 Å². The Balaban J connectivity index is 1.44. The maximum atomic E-state index is 6.01. The van der Waals surface area contributed by atoms with Gasteiger partial charge in [0.05, 0.1) is 6.54 Å².